The maximum absolute atomic E-state index is 13.9. The van der Waals surface area contributed by atoms with Crippen molar-refractivity contribution in [1.82, 2.24) is 9.80 Å². The summed E-state index contributed by atoms with van der Waals surface area (Å²) < 4.78 is 167. The molecule has 3 aromatic carbocycles. The molecule has 2 fully saturated rings. The predicted octanol–water partition coefficient (Wildman–Crippen LogP) is 10.2. The summed E-state index contributed by atoms with van der Waals surface area (Å²) in [6.07, 6.45) is -19.8. The molecule has 2 amide bonds. The fourth-order valence-electron chi connectivity index (χ4n) is 6.50. The van der Waals surface area contributed by atoms with Gasteiger partial charge in [0.25, 0.3) is 0 Å². The maximum Gasteiger partial charge on any atom is 0.416 e. The van der Waals surface area contributed by atoms with Crippen LogP contribution in [0.2, 0.25) is 0 Å². The molecule has 0 spiro atoms. The molecule has 0 bridgehead atoms. The zero-order valence-electron chi connectivity index (χ0n) is 25.7. The molecular formula is C33H28F12N2O2. The molecular weight excluding hydrogens is 684 g/mol. The Labute approximate surface area is 272 Å². The van der Waals surface area contributed by atoms with Gasteiger partial charge in [0.05, 0.1) is 47.6 Å². The van der Waals surface area contributed by atoms with E-state index in [0.29, 0.717) is 36.2 Å². The minimum atomic E-state index is -5.10. The summed E-state index contributed by atoms with van der Waals surface area (Å²) in [5.74, 6) is -0.219. The van der Waals surface area contributed by atoms with Crippen LogP contribution in [0.5, 0.6) is 0 Å². The first kappa shape index (κ1) is 36.3. The quantitative estimate of drug-likeness (QED) is 0.229. The number of benzene rings is 3. The third-order valence-corrected chi connectivity index (χ3v) is 9.18. The van der Waals surface area contributed by atoms with E-state index in [1.165, 1.54) is 18.9 Å². The molecule has 49 heavy (non-hydrogen) atoms. The number of likely N-dealkylation sites (tertiary alicyclic amines) is 1. The van der Waals surface area contributed by atoms with Crippen LogP contribution in [0, 0.1) is 11.3 Å². The third-order valence-electron chi connectivity index (χ3n) is 9.18. The Kier molecular flexibility index (Phi) is 9.22. The second-order valence-electron chi connectivity index (χ2n) is 12.4. The van der Waals surface area contributed by atoms with E-state index < -0.39 is 82.7 Å². The van der Waals surface area contributed by atoms with E-state index in [4.69, 9.17) is 4.74 Å². The second-order valence-corrected chi connectivity index (χ2v) is 12.4. The standard InChI is InChI=1S/C33H28F12N2O2/c1-18(21-10-24(32(40,41)42)13-25(11-21)33(43,44)45)46(2)28(48)47-15-26-14-29(26,27(47)20-6-4-3-5-7-20)17-49-16-19-8-22(30(34,35)36)12-23(9-19)31(37,38)39/h3-13,18,26-27H,14-17H2,1-2H3/t18?,26-,27+,29+/m1/s1. The van der Waals surface area contributed by atoms with Crippen molar-refractivity contribution in [2.45, 2.75) is 56.7 Å². The number of ether oxygens (including phenoxy) is 1. The molecule has 1 saturated carbocycles. The van der Waals surface area contributed by atoms with Crippen LogP contribution in [0.3, 0.4) is 0 Å². The van der Waals surface area contributed by atoms with Crippen LogP contribution in [-0.2, 0) is 36.0 Å². The Morgan fingerprint density at radius 3 is 1.73 bits per heavy atom. The van der Waals surface area contributed by atoms with E-state index in [9.17, 15) is 57.5 Å². The van der Waals surface area contributed by atoms with Crippen LogP contribution < -0.4 is 0 Å². The monoisotopic (exact) mass is 712 g/mol. The zero-order valence-corrected chi connectivity index (χ0v) is 25.7. The van der Waals surface area contributed by atoms with Gasteiger partial charge in [-0.05, 0) is 72.4 Å². The van der Waals surface area contributed by atoms with Crippen molar-refractivity contribution in [3.05, 3.63) is 106 Å². The number of alkyl halides is 12. The van der Waals surface area contributed by atoms with E-state index in [1.54, 1.807) is 30.3 Å². The fourth-order valence-corrected chi connectivity index (χ4v) is 6.50. The predicted molar refractivity (Wildman–Crippen MR) is 151 cm³/mol. The SMILES string of the molecule is CC(c1cc(C(F)(F)F)cc(C(F)(F)F)c1)N(C)C(=O)N1C[C@H]2C[C@@]2(COCc2cc(C(F)(F)F)cc(C(F)(F)F)c2)[C@@H]1c1ccccc1. The largest absolute Gasteiger partial charge is 0.416 e. The van der Waals surface area contributed by atoms with Crippen molar-refractivity contribution in [1.29, 1.82) is 0 Å². The number of piperidine rings is 1. The number of rotatable bonds is 7. The van der Waals surface area contributed by atoms with Crippen molar-refractivity contribution in [3.63, 3.8) is 0 Å². The smallest absolute Gasteiger partial charge is 0.376 e. The van der Waals surface area contributed by atoms with Crippen LogP contribution >= 0.6 is 0 Å². The lowest BCUT2D eigenvalue weighted by molar-refractivity contribution is -0.144. The van der Waals surface area contributed by atoms with E-state index in [-0.39, 0.29) is 36.8 Å². The highest BCUT2D eigenvalue weighted by molar-refractivity contribution is 5.76. The van der Waals surface area contributed by atoms with Crippen LogP contribution in [0.15, 0.2) is 66.7 Å². The highest BCUT2D eigenvalue weighted by atomic mass is 19.4. The molecule has 0 aromatic heterocycles. The van der Waals surface area contributed by atoms with Gasteiger partial charge in [-0.15, -0.1) is 0 Å². The van der Waals surface area contributed by atoms with Gasteiger partial charge in [0, 0.05) is 19.0 Å². The lowest BCUT2D eigenvalue weighted by atomic mass is 9.90. The number of hydrogen-bond acceptors (Lipinski definition) is 2. The Morgan fingerprint density at radius 1 is 0.796 bits per heavy atom. The minimum Gasteiger partial charge on any atom is -0.376 e. The average Bonchev–Trinajstić information content (AvgIpc) is 3.60. The number of nitrogens with zero attached hydrogens (tertiary/aromatic N) is 2. The summed E-state index contributed by atoms with van der Waals surface area (Å²) in [6.45, 7) is 0.618. The molecule has 1 aliphatic heterocycles. The van der Waals surface area contributed by atoms with Crippen molar-refractivity contribution in [2.75, 3.05) is 20.2 Å². The van der Waals surface area contributed by atoms with E-state index in [0.717, 1.165) is 4.90 Å². The summed E-state index contributed by atoms with van der Waals surface area (Å²) in [5.41, 5.74) is -7.04. The first-order chi connectivity index (χ1) is 22.5. The fraction of sp³-hybridized carbons (Fsp3) is 0.424. The third kappa shape index (κ3) is 7.48. The molecule has 2 aliphatic rings. The van der Waals surface area contributed by atoms with Gasteiger partial charge in [-0.1, -0.05) is 30.3 Å². The Balaban J connectivity index is 1.40. The number of fused-ring (bicyclic) bond motifs is 1. The topological polar surface area (TPSA) is 32.8 Å². The molecule has 4 atom stereocenters. The number of hydrogen-bond donors (Lipinski definition) is 0. The van der Waals surface area contributed by atoms with Gasteiger partial charge < -0.3 is 14.5 Å². The Bertz CT molecular complexity index is 1620. The summed E-state index contributed by atoms with van der Waals surface area (Å²) in [5, 5.41) is 0. The summed E-state index contributed by atoms with van der Waals surface area (Å²) in [6, 6.07) is 7.96. The van der Waals surface area contributed by atoms with Gasteiger partial charge in [-0.25, -0.2) is 4.79 Å². The highest BCUT2D eigenvalue weighted by Gasteiger charge is 2.67. The first-order valence-corrected chi connectivity index (χ1v) is 14.8. The summed E-state index contributed by atoms with van der Waals surface area (Å²) >= 11 is 0. The van der Waals surface area contributed by atoms with E-state index in [2.05, 4.69) is 0 Å². The molecule has 0 N–H and O–H groups in total. The molecule has 0 radical (unpaired) electrons. The van der Waals surface area contributed by atoms with Crippen molar-refractivity contribution in [2.24, 2.45) is 11.3 Å². The molecule has 3 aromatic rings. The second kappa shape index (κ2) is 12.4. The van der Waals surface area contributed by atoms with Gasteiger partial charge in [0.2, 0.25) is 0 Å². The van der Waals surface area contributed by atoms with E-state index >= 15 is 0 Å². The molecule has 1 heterocycles. The Hall–Kier alpha value is -3.95. The molecule has 1 unspecified atom stereocenters. The zero-order chi connectivity index (χ0) is 36.3. The van der Waals surface area contributed by atoms with Gasteiger partial charge >= 0.3 is 30.7 Å². The number of urea groups is 1. The van der Waals surface area contributed by atoms with Crippen molar-refractivity contribution in [3.8, 4) is 0 Å². The molecule has 4 nitrogen and oxygen atoms in total. The van der Waals surface area contributed by atoms with Crippen molar-refractivity contribution < 1.29 is 62.2 Å². The van der Waals surface area contributed by atoms with Gasteiger partial charge in [0.15, 0.2) is 0 Å². The Morgan fingerprint density at radius 2 is 1.27 bits per heavy atom. The van der Waals surface area contributed by atoms with E-state index in [1.807, 2.05) is 0 Å². The van der Waals surface area contributed by atoms with Gasteiger partial charge in [-0.2, -0.15) is 52.7 Å². The van der Waals surface area contributed by atoms with Gasteiger partial charge in [0.1, 0.15) is 0 Å². The number of halogens is 12. The number of amides is 2. The molecule has 1 saturated heterocycles. The van der Waals surface area contributed by atoms with Crippen LogP contribution in [0.25, 0.3) is 0 Å². The average molecular weight is 713 g/mol. The lowest BCUT2D eigenvalue weighted by Gasteiger charge is -2.37. The normalized spacial score (nSPS) is 21.8. The molecule has 1 aliphatic carbocycles. The number of carbonyl (C=O) groups is 1. The first-order valence-electron chi connectivity index (χ1n) is 14.8. The van der Waals surface area contributed by atoms with Crippen LogP contribution in [0.4, 0.5) is 57.5 Å². The molecule has 266 valence electrons. The van der Waals surface area contributed by atoms with Gasteiger partial charge in [-0.3, -0.25) is 0 Å². The van der Waals surface area contributed by atoms with Crippen molar-refractivity contribution >= 4 is 6.03 Å². The summed E-state index contributed by atoms with van der Waals surface area (Å²) in [4.78, 5) is 16.4. The maximum atomic E-state index is 13.9. The number of carbonyl (C=O) groups excluding carboxylic acids is 1. The molecule has 5 rings (SSSR count). The summed E-state index contributed by atoms with van der Waals surface area (Å²) in [7, 11) is 1.24. The lowest BCUT2D eigenvalue weighted by Crippen LogP contribution is -2.44. The molecule has 16 heteroatoms. The van der Waals surface area contributed by atoms with Crippen LogP contribution in [0.1, 0.15) is 64.4 Å². The highest BCUT2D eigenvalue weighted by Crippen LogP contribution is 2.67. The van der Waals surface area contributed by atoms with Crippen LogP contribution in [-0.4, -0.2) is 36.0 Å². The minimum absolute atomic E-state index is 0.00575.